The third-order valence-corrected chi connectivity index (χ3v) is 13.1. The van der Waals surface area contributed by atoms with Crippen LogP contribution in [0.3, 0.4) is 0 Å². The molecule has 0 amide bonds. The van der Waals surface area contributed by atoms with Crippen molar-refractivity contribution in [3.63, 3.8) is 0 Å². The van der Waals surface area contributed by atoms with Crippen LogP contribution in [0.25, 0.3) is 0 Å². The summed E-state index contributed by atoms with van der Waals surface area (Å²) < 4.78 is 19.1. The van der Waals surface area contributed by atoms with E-state index in [4.69, 9.17) is 14.2 Å². The molecule has 10 rings (SSSR count). The third kappa shape index (κ3) is 11.4. The molecular formula is C55H67N11O3. The van der Waals surface area contributed by atoms with Crippen LogP contribution < -0.4 is 43.6 Å². The first-order valence-corrected chi connectivity index (χ1v) is 24.1. The van der Waals surface area contributed by atoms with Gasteiger partial charge in [-0.25, -0.2) is 0 Å². The SMILES string of the molecule is CC1CN(C)CN(c2ccc(Oc3ccc(N4CN(c5ccc(Oc6ccc(N7CN(C)CN(C)C7)cc6)cc5)CN(c5ccc(Oc6ccc(N7CN(C)CN(C)C7)cc6)cc5)C4)cc3)cc2)C1. The summed E-state index contributed by atoms with van der Waals surface area (Å²) in [5.41, 5.74) is 6.89. The Labute approximate surface area is 408 Å². The van der Waals surface area contributed by atoms with E-state index in [-0.39, 0.29) is 0 Å². The normalized spacial score (nSPS) is 19.3. The largest absolute Gasteiger partial charge is 0.457 e. The van der Waals surface area contributed by atoms with Crippen molar-refractivity contribution in [1.82, 2.24) is 24.5 Å². The number of anilines is 6. The van der Waals surface area contributed by atoms with Gasteiger partial charge in [0.25, 0.3) is 0 Å². The molecule has 0 radical (unpaired) electrons. The van der Waals surface area contributed by atoms with E-state index in [1.807, 2.05) is 0 Å². The molecule has 4 aliphatic rings. The lowest BCUT2D eigenvalue weighted by molar-refractivity contribution is 0.135. The molecule has 4 saturated heterocycles. The minimum atomic E-state index is 0.632. The zero-order valence-electron chi connectivity index (χ0n) is 41.1. The molecule has 4 heterocycles. The van der Waals surface area contributed by atoms with Crippen molar-refractivity contribution < 1.29 is 14.2 Å². The van der Waals surface area contributed by atoms with Crippen LogP contribution in [0.5, 0.6) is 34.5 Å². The third-order valence-electron chi connectivity index (χ3n) is 13.1. The van der Waals surface area contributed by atoms with Gasteiger partial charge in [-0.05, 0) is 187 Å². The number of hydrogen-bond acceptors (Lipinski definition) is 14. The molecule has 6 aromatic carbocycles. The molecule has 0 aromatic heterocycles. The van der Waals surface area contributed by atoms with Gasteiger partial charge in [0.2, 0.25) is 0 Å². The Morgan fingerprint density at radius 3 is 0.725 bits per heavy atom. The summed E-state index contributed by atoms with van der Waals surface area (Å²) >= 11 is 0. The second-order valence-corrected chi connectivity index (χ2v) is 19.7. The first kappa shape index (κ1) is 46.1. The maximum Gasteiger partial charge on any atom is 0.127 e. The van der Waals surface area contributed by atoms with Crippen molar-refractivity contribution >= 4 is 34.1 Å². The Morgan fingerprint density at radius 1 is 0.261 bits per heavy atom. The Morgan fingerprint density at radius 2 is 0.478 bits per heavy atom. The highest BCUT2D eigenvalue weighted by atomic mass is 16.5. The summed E-state index contributed by atoms with van der Waals surface area (Å²) in [6, 6.07) is 50.6. The van der Waals surface area contributed by atoms with Crippen LogP contribution >= 0.6 is 0 Å². The molecule has 0 aliphatic carbocycles. The van der Waals surface area contributed by atoms with Crippen molar-refractivity contribution in [1.29, 1.82) is 0 Å². The zero-order chi connectivity index (χ0) is 47.4. The van der Waals surface area contributed by atoms with Gasteiger partial charge < -0.3 is 43.6 Å². The van der Waals surface area contributed by atoms with Crippen LogP contribution in [0.15, 0.2) is 146 Å². The van der Waals surface area contributed by atoms with Gasteiger partial charge >= 0.3 is 0 Å². The standard InChI is InChI=1S/C55H67N11O3/c1-43-31-56(2)35-61(32-43)44-7-19-50(20-8-44)67-53-25-13-47(14-26-53)64-40-65(48-15-27-54(28-16-48)68-51-21-9-45(10-22-51)62-36-57(3)33-58(4)37-62)42-66(41-64)49-17-29-55(30-18-49)69-52-23-11-46(12-24-52)63-38-59(5)34-60(6)39-63/h7-30,43H,31-42H2,1-6H3. The van der Waals surface area contributed by atoms with Crippen LogP contribution in [-0.2, 0) is 0 Å². The number of ether oxygens (including phenoxy) is 3. The monoisotopic (exact) mass is 930 g/mol. The maximum absolute atomic E-state index is 6.37. The minimum Gasteiger partial charge on any atom is -0.457 e. The lowest BCUT2D eigenvalue weighted by atomic mass is 10.1. The first-order chi connectivity index (χ1) is 33.5. The van der Waals surface area contributed by atoms with Crippen molar-refractivity contribution in [2.24, 2.45) is 5.92 Å². The van der Waals surface area contributed by atoms with E-state index >= 15 is 0 Å². The molecule has 69 heavy (non-hydrogen) atoms. The van der Waals surface area contributed by atoms with Gasteiger partial charge in [0, 0.05) is 47.2 Å². The Hall–Kier alpha value is -6.68. The summed E-state index contributed by atoms with van der Waals surface area (Å²) in [7, 11) is 10.8. The van der Waals surface area contributed by atoms with Gasteiger partial charge in [-0.3, -0.25) is 24.5 Å². The molecule has 14 nitrogen and oxygen atoms in total. The fraction of sp³-hybridized carbons (Fsp3) is 0.345. The van der Waals surface area contributed by atoms with Crippen LogP contribution in [0, 0.1) is 5.92 Å². The van der Waals surface area contributed by atoms with Gasteiger partial charge in [0.1, 0.15) is 34.5 Å². The van der Waals surface area contributed by atoms with E-state index < -0.39 is 0 Å². The van der Waals surface area contributed by atoms with Crippen molar-refractivity contribution in [3.8, 4) is 34.5 Å². The summed E-state index contributed by atoms with van der Waals surface area (Å²) in [5.74, 6) is 5.48. The van der Waals surface area contributed by atoms with Crippen molar-refractivity contribution in [3.05, 3.63) is 146 Å². The molecule has 0 N–H and O–H groups in total. The molecule has 1 atom stereocenters. The number of hydrogen-bond donors (Lipinski definition) is 0. The lowest BCUT2D eigenvalue weighted by Crippen LogP contribution is -2.55. The molecule has 1 unspecified atom stereocenters. The summed E-state index contributed by atoms with van der Waals surface area (Å²) in [6.07, 6.45) is 0. The van der Waals surface area contributed by atoms with Gasteiger partial charge in [-0.1, -0.05) is 6.92 Å². The minimum absolute atomic E-state index is 0.632. The second-order valence-electron chi connectivity index (χ2n) is 19.7. The van der Waals surface area contributed by atoms with E-state index in [2.05, 4.69) is 242 Å². The number of benzene rings is 6. The van der Waals surface area contributed by atoms with E-state index in [0.29, 0.717) is 25.9 Å². The first-order valence-electron chi connectivity index (χ1n) is 24.1. The van der Waals surface area contributed by atoms with Crippen LogP contribution in [0.1, 0.15) is 6.92 Å². The van der Waals surface area contributed by atoms with Crippen molar-refractivity contribution in [2.75, 3.05) is 144 Å². The van der Waals surface area contributed by atoms with Crippen LogP contribution in [0.4, 0.5) is 34.1 Å². The highest BCUT2D eigenvalue weighted by Gasteiger charge is 2.26. The topological polar surface area (TPSA) is 63.3 Å². The molecule has 0 saturated carbocycles. The number of nitrogens with zero attached hydrogens (tertiary/aromatic N) is 11. The van der Waals surface area contributed by atoms with E-state index in [1.54, 1.807) is 0 Å². The average Bonchev–Trinajstić information content (AvgIpc) is 3.34. The highest BCUT2D eigenvalue weighted by Crippen LogP contribution is 2.34. The molecular weight excluding hydrogens is 863 g/mol. The fourth-order valence-electron chi connectivity index (χ4n) is 10.1. The average molecular weight is 930 g/mol. The lowest BCUT2D eigenvalue weighted by Gasteiger charge is -2.45. The smallest absolute Gasteiger partial charge is 0.127 e. The van der Waals surface area contributed by atoms with Gasteiger partial charge in [-0.15, -0.1) is 0 Å². The highest BCUT2D eigenvalue weighted by molar-refractivity contribution is 5.61. The molecule has 14 heteroatoms. The molecule has 0 spiro atoms. The summed E-state index contributed by atoms with van der Waals surface area (Å²) in [4.78, 5) is 25.9. The predicted molar refractivity (Wildman–Crippen MR) is 280 cm³/mol. The molecule has 4 aliphatic heterocycles. The number of rotatable bonds is 12. The quantitative estimate of drug-likeness (QED) is 0.117. The Bertz CT molecular complexity index is 2260. The van der Waals surface area contributed by atoms with Crippen molar-refractivity contribution in [2.45, 2.75) is 6.92 Å². The Kier molecular flexibility index (Phi) is 13.7. The van der Waals surface area contributed by atoms with E-state index in [0.717, 1.165) is 111 Å². The summed E-state index contributed by atoms with van der Waals surface area (Å²) in [5, 5.41) is 0. The van der Waals surface area contributed by atoms with Gasteiger partial charge in [-0.2, -0.15) is 0 Å². The summed E-state index contributed by atoms with van der Waals surface area (Å²) in [6.45, 7) is 13.1. The van der Waals surface area contributed by atoms with Crippen LogP contribution in [0.2, 0.25) is 0 Å². The zero-order valence-corrected chi connectivity index (χ0v) is 41.1. The molecule has 4 fully saturated rings. The predicted octanol–water partition coefficient (Wildman–Crippen LogP) is 9.23. The maximum atomic E-state index is 6.37. The second kappa shape index (κ2) is 20.5. The molecule has 0 bridgehead atoms. The molecule has 6 aromatic rings. The van der Waals surface area contributed by atoms with Gasteiger partial charge in [0.15, 0.2) is 0 Å². The Balaban J connectivity index is 0.827. The van der Waals surface area contributed by atoms with Gasteiger partial charge in [0.05, 0.1) is 66.7 Å². The fourth-order valence-corrected chi connectivity index (χ4v) is 10.1. The molecule has 360 valence electrons. The van der Waals surface area contributed by atoms with Crippen LogP contribution in [-0.4, -0.2) is 140 Å². The van der Waals surface area contributed by atoms with E-state index in [1.165, 1.54) is 17.1 Å². The van der Waals surface area contributed by atoms with E-state index in [9.17, 15) is 0 Å².